The zero-order valence-electron chi connectivity index (χ0n) is 14.8. The highest BCUT2D eigenvalue weighted by Gasteiger charge is 2.32. The van der Waals surface area contributed by atoms with Crippen molar-refractivity contribution in [2.45, 2.75) is 65.5 Å². The largest absolute Gasteiger partial charge is 0.337 e. The second kappa shape index (κ2) is 6.75. The molecular weight excluding hydrogens is 306 g/mol. The Kier molecular flexibility index (Phi) is 4.69. The molecule has 7 heteroatoms. The van der Waals surface area contributed by atoms with Crippen LogP contribution in [-0.4, -0.2) is 37.3 Å². The number of aryl methyl sites for hydroxylation is 2. The molecule has 1 amide bonds. The van der Waals surface area contributed by atoms with Gasteiger partial charge in [0.1, 0.15) is 12.6 Å². The van der Waals surface area contributed by atoms with Gasteiger partial charge in [0.2, 0.25) is 11.8 Å². The van der Waals surface area contributed by atoms with Gasteiger partial charge in [-0.15, -0.1) is 0 Å². The van der Waals surface area contributed by atoms with Crippen molar-refractivity contribution in [3.63, 3.8) is 0 Å². The maximum atomic E-state index is 12.8. The van der Waals surface area contributed by atoms with Gasteiger partial charge in [0.25, 0.3) is 0 Å². The van der Waals surface area contributed by atoms with Crippen molar-refractivity contribution in [2.75, 3.05) is 6.54 Å². The van der Waals surface area contributed by atoms with Gasteiger partial charge in [-0.05, 0) is 39.2 Å². The minimum Gasteiger partial charge on any atom is -0.337 e. The zero-order valence-corrected chi connectivity index (χ0v) is 14.8. The van der Waals surface area contributed by atoms with E-state index in [0.717, 1.165) is 37.2 Å². The molecule has 3 rings (SSSR count). The monoisotopic (exact) mass is 331 g/mol. The molecule has 0 N–H and O–H groups in total. The van der Waals surface area contributed by atoms with E-state index in [1.54, 1.807) is 4.68 Å². The summed E-state index contributed by atoms with van der Waals surface area (Å²) in [7, 11) is 0. The molecule has 2 aromatic rings. The van der Waals surface area contributed by atoms with Crippen molar-refractivity contribution in [1.82, 2.24) is 24.8 Å². The Hall–Kier alpha value is -2.18. The number of carbonyl (C=O) groups excluding carboxylic acids is 1. The highest BCUT2D eigenvalue weighted by atomic mass is 16.5. The predicted molar refractivity (Wildman–Crippen MR) is 88.4 cm³/mol. The number of rotatable bonds is 4. The van der Waals surface area contributed by atoms with Gasteiger partial charge in [-0.3, -0.25) is 9.48 Å². The average molecular weight is 331 g/mol. The minimum absolute atomic E-state index is 0.0511. The quantitative estimate of drug-likeness (QED) is 0.861. The first kappa shape index (κ1) is 16.7. The lowest BCUT2D eigenvalue weighted by molar-refractivity contribution is -0.136. The smallest absolute Gasteiger partial charge is 0.249 e. The van der Waals surface area contributed by atoms with Crippen molar-refractivity contribution in [3.05, 3.63) is 29.2 Å². The van der Waals surface area contributed by atoms with Crippen LogP contribution in [0.2, 0.25) is 0 Å². The van der Waals surface area contributed by atoms with Crippen molar-refractivity contribution in [3.8, 4) is 0 Å². The summed E-state index contributed by atoms with van der Waals surface area (Å²) in [6.07, 6.45) is 2.93. The van der Waals surface area contributed by atoms with Crippen LogP contribution in [0, 0.1) is 13.8 Å². The lowest BCUT2D eigenvalue weighted by Gasteiger charge is -2.33. The Morgan fingerprint density at radius 1 is 1.38 bits per heavy atom. The third kappa shape index (κ3) is 3.34. The average Bonchev–Trinajstić information content (AvgIpc) is 3.14. The second-order valence-electron chi connectivity index (χ2n) is 6.83. The van der Waals surface area contributed by atoms with Crippen LogP contribution >= 0.6 is 0 Å². The fraction of sp³-hybridized carbons (Fsp3) is 0.647. The highest BCUT2D eigenvalue weighted by Crippen LogP contribution is 2.30. The lowest BCUT2D eigenvalue weighted by atomic mass is 10.0. The molecule has 1 aliphatic rings. The van der Waals surface area contributed by atoms with Gasteiger partial charge in [-0.25, -0.2) is 0 Å². The molecule has 0 aliphatic carbocycles. The van der Waals surface area contributed by atoms with Crippen LogP contribution in [0.1, 0.15) is 68.2 Å². The highest BCUT2D eigenvalue weighted by molar-refractivity contribution is 5.76. The summed E-state index contributed by atoms with van der Waals surface area (Å²) in [5.74, 6) is 1.52. The number of hydrogen-bond acceptors (Lipinski definition) is 5. The van der Waals surface area contributed by atoms with E-state index >= 15 is 0 Å². The number of carbonyl (C=O) groups is 1. The Morgan fingerprint density at radius 3 is 2.79 bits per heavy atom. The van der Waals surface area contributed by atoms with E-state index in [-0.39, 0.29) is 24.4 Å². The molecule has 0 unspecified atom stereocenters. The molecular formula is C17H25N5O2. The summed E-state index contributed by atoms with van der Waals surface area (Å²) in [4.78, 5) is 19.2. The number of nitrogens with zero attached hydrogens (tertiary/aromatic N) is 5. The van der Waals surface area contributed by atoms with E-state index in [4.69, 9.17) is 4.52 Å². The third-order valence-corrected chi connectivity index (χ3v) is 4.47. The van der Waals surface area contributed by atoms with Gasteiger partial charge in [-0.1, -0.05) is 19.0 Å². The predicted octanol–water partition coefficient (Wildman–Crippen LogP) is 2.76. The van der Waals surface area contributed by atoms with Crippen molar-refractivity contribution < 1.29 is 9.32 Å². The summed E-state index contributed by atoms with van der Waals surface area (Å²) < 4.78 is 7.21. The molecule has 0 bridgehead atoms. The van der Waals surface area contributed by atoms with E-state index in [1.807, 2.05) is 38.7 Å². The molecule has 0 radical (unpaired) electrons. The maximum absolute atomic E-state index is 12.8. The van der Waals surface area contributed by atoms with Crippen LogP contribution in [0.25, 0.3) is 0 Å². The third-order valence-electron chi connectivity index (χ3n) is 4.47. The number of aromatic nitrogens is 4. The number of hydrogen-bond donors (Lipinski definition) is 0. The van der Waals surface area contributed by atoms with E-state index < -0.39 is 0 Å². The zero-order chi connectivity index (χ0) is 17.3. The van der Waals surface area contributed by atoms with Gasteiger partial charge < -0.3 is 9.42 Å². The summed E-state index contributed by atoms with van der Waals surface area (Å²) in [5.41, 5.74) is 1.92. The Labute approximate surface area is 142 Å². The summed E-state index contributed by atoms with van der Waals surface area (Å²) in [6, 6.07) is 1.86. The lowest BCUT2D eigenvalue weighted by Crippen LogP contribution is -2.40. The SMILES string of the molecule is Cc1cc(C)n(CC(=O)N2CCCC[C@H]2c2nc(C(C)C)no2)n1. The minimum atomic E-state index is -0.122. The molecule has 0 saturated carbocycles. The Bertz CT molecular complexity index is 718. The standard InChI is InChI=1S/C17H25N5O2/c1-11(2)16-18-17(24-20-16)14-7-5-6-8-21(14)15(23)10-22-13(4)9-12(3)19-22/h9,11,14H,5-8,10H2,1-4H3/t14-/m0/s1. The summed E-state index contributed by atoms with van der Waals surface area (Å²) in [5, 5.41) is 8.43. The molecule has 3 heterocycles. The van der Waals surface area contributed by atoms with Crippen molar-refractivity contribution in [1.29, 1.82) is 0 Å². The van der Waals surface area contributed by atoms with E-state index in [0.29, 0.717) is 11.7 Å². The van der Waals surface area contributed by atoms with Gasteiger partial charge >= 0.3 is 0 Å². The molecule has 0 spiro atoms. The number of piperidine rings is 1. The first-order valence-electron chi connectivity index (χ1n) is 8.59. The van der Waals surface area contributed by atoms with E-state index in [2.05, 4.69) is 15.2 Å². The number of likely N-dealkylation sites (tertiary alicyclic amines) is 1. The van der Waals surface area contributed by atoms with Crippen LogP contribution < -0.4 is 0 Å². The van der Waals surface area contributed by atoms with Crippen molar-refractivity contribution in [2.24, 2.45) is 0 Å². The molecule has 7 nitrogen and oxygen atoms in total. The molecule has 1 fully saturated rings. The molecule has 0 aromatic carbocycles. The summed E-state index contributed by atoms with van der Waals surface area (Å²) >= 11 is 0. The van der Waals surface area contributed by atoms with E-state index in [9.17, 15) is 4.79 Å². The fourth-order valence-electron chi connectivity index (χ4n) is 3.16. The fourth-order valence-corrected chi connectivity index (χ4v) is 3.16. The van der Waals surface area contributed by atoms with Crippen LogP contribution in [0.15, 0.2) is 10.6 Å². The molecule has 1 aliphatic heterocycles. The number of amides is 1. The summed E-state index contributed by atoms with van der Waals surface area (Å²) in [6.45, 7) is 8.93. The van der Waals surface area contributed by atoms with E-state index in [1.165, 1.54) is 0 Å². The van der Waals surface area contributed by atoms with Crippen LogP contribution in [-0.2, 0) is 11.3 Å². The molecule has 24 heavy (non-hydrogen) atoms. The second-order valence-corrected chi connectivity index (χ2v) is 6.83. The molecule has 1 saturated heterocycles. The first-order chi connectivity index (χ1) is 11.5. The van der Waals surface area contributed by atoms with Crippen LogP contribution in [0.3, 0.4) is 0 Å². The van der Waals surface area contributed by atoms with Gasteiger partial charge in [-0.2, -0.15) is 10.1 Å². The van der Waals surface area contributed by atoms with Gasteiger partial charge in [0.15, 0.2) is 5.82 Å². The first-order valence-corrected chi connectivity index (χ1v) is 8.59. The Morgan fingerprint density at radius 2 is 2.17 bits per heavy atom. The van der Waals surface area contributed by atoms with Crippen molar-refractivity contribution >= 4 is 5.91 Å². The topological polar surface area (TPSA) is 77.0 Å². The normalized spacial score (nSPS) is 18.4. The Balaban J connectivity index is 1.78. The molecule has 130 valence electrons. The van der Waals surface area contributed by atoms with Gasteiger partial charge in [0.05, 0.1) is 5.69 Å². The van der Waals surface area contributed by atoms with Crippen LogP contribution in [0.5, 0.6) is 0 Å². The maximum Gasteiger partial charge on any atom is 0.249 e. The van der Waals surface area contributed by atoms with Gasteiger partial charge in [0, 0.05) is 18.2 Å². The van der Waals surface area contributed by atoms with Crippen LogP contribution in [0.4, 0.5) is 0 Å². The molecule has 1 atom stereocenters. The molecule has 2 aromatic heterocycles.